The van der Waals surface area contributed by atoms with Crippen LogP contribution in [0.1, 0.15) is 5.56 Å². The molecule has 0 aromatic heterocycles. The predicted octanol–water partition coefficient (Wildman–Crippen LogP) is 1.45. The fraction of sp³-hybridized carbons (Fsp3) is 0.286. The Balaban J connectivity index is 2.28. The summed E-state index contributed by atoms with van der Waals surface area (Å²) in [5.41, 5.74) is 0.619. The summed E-state index contributed by atoms with van der Waals surface area (Å²) in [7, 11) is -1.40. The van der Waals surface area contributed by atoms with Gasteiger partial charge in [-0.15, -0.1) is 0 Å². The first-order valence-corrected chi connectivity index (χ1v) is 9.46. The molecular weight excluding hydrogens is 374 g/mol. The van der Waals surface area contributed by atoms with Crippen LogP contribution in [0.2, 0.25) is 0 Å². The Morgan fingerprint density at radius 3 is 2.62 bits per heavy atom. The molecule has 0 aliphatic carbocycles. The first kappa shape index (κ1) is 18.7. The van der Waals surface area contributed by atoms with Crippen LogP contribution in [-0.2, 0) is 14.9 Å². The largest absolute Gasteiger partial charge is 0.748 e. The minimum atomic E-state index is -4.42. The topological polar surface area (TPSA) is 96.0 Å². The molecule has 1 fully saturated rings. The molecule has 10 heteroatoms. The zero-order valence-electron chi connectivity index (χ0n) is 12.8. The second kappa shape index (κ2) is 7.51. The maximum Gasteiger partial charge on any atom is 0.266 e. The SMILES string of the molecule is COc1ccc(OC)c(/C=C2\SC(=S)N(CCS(=O)(=O)[O-])C2=O)c1. The smallest absolute Gasteiger partial charge is 0.266 e. The Bertz CT molecular complexity index is 803. The molecular formula is C14H14NO6S3-. The molecule has 0 bridgehead atoms. The maximum absolute atomic E-state index is 12.4. The molecule has 0 unspecified atom stereocenters. The standard InChI is InChI=1S/C14H15NO6S3/c1-20-10-3-4-11(21-2)9(7-10)8-12-13(16)15(14(22)23-12)5-6-24(17,18)19/h3-4,7-8H,5-6H2,1-2H3,(H,17,18,19)/p-1/b12-8-. The normalized spacial score (nSPS) is 16.8. The van der Waals surface area contributed by atoms with Gasteiger partial charge in [0.1, 0.15) is 15.8 Å². The van der Waals surface area contributed by atoms with Crippen molar-refractivity contribution in [3.63, 3.8) is 0 Å². The van der Waals surface area contributed by atoms with Crippen molar-refractivity contribution in [3.8, 4) is 11.5 Å². The summed E-state index contributed by atoms with van der Waals surface area (Å²) in [6, 6.07) is 5.13. The second-order valence-electron chi connectivity index (χ2n) is 4.70. The van der Waals surface area contributed by atoms with Crippen molar-refractivity contribution in [2.75, 3.05) is 26.5 Å². The molecule has 7 nitrogen and oxygen atoms in total. The van der Waals surface area contributed by atoms with Gasteiger partial charge in [0.25, 0.3) is 5.91 Å². The van der Waals surface area contributed by atoms with Gasteiger partial charge in [0.15, 0.2) is 0 Å². The van der Waals surface area contributed by atoms with E-state index in [1.165, 1.54) is 14.2 Å². The lowest BCUT2D eigenvalue weighted by molar-refractivity contribution is -0.121. The number of nitrogens with zero attached hydrogens (tertiary/aromatic N) is 1. The number of thioether (sulfide) groups is 1. The van der Waals surface area contributed by atoms with Crippen LogP contribution >= 0.6 is 24.0 Å². The van der Waals surface area contributed by atoms with Gasteiger partial charge < -0.3 is 14.0 Å². The van der Waals surface area contributed by atoms with Crippen molar-refractivity contribution in [2.45, 2.75) is 0 Å². The van der Waals surface area contributed by atoms with E-state index in [2.05, 4.69) is 0 Å². The highest BCUT2D eigenvalue weighted by Crippen LogP contribution is 2.35. The molecule has 130 valence electrons. The summed E-state index contributed by atoms with van der Waals surface area (Å²) in [6.07, 6.45) is 1.59. The third kappa shape index (κ3) is 4.47. The molecule has 2 rings (SSSR count). The van der Waals surface area contributed by atoms with Crippen LogP contribution in [0.4, 0.5) is 0 Å². The molecule has 0 saturated carbocycles. The van der Waals surface area contributed by atoms with Crippen LogP contribution in [0, 0.1) is 0 Å². The van der Waals surface area contributed by atoms with Crippen molar-refractivity contribution >= 4 is 50.4 Å². The average molecular weight is 388 g/mol. The Morgan fingerprint density at radius 1 is 1.33 bits per heavy atom. The molecule has 1 aromatic carbocycles. The zero-order chi connectivity index (χ0) is 17.9. The summed E-state index contributed by atoms with van der Waals surface area (Å²) < 4.78 is 42.8. The van der Waals surface area contributed by atoms with E-state index in [1.54, 1.807) is 24.3 Å². The van der Waals surface area contributed by atoms with Gasteiger partial charge in [0.2, 0.25) is 0 Å². The van der Waals surface area contributed by atoms with Gasteiger partial charge in [0, 0.05) is 12.1 Å². The van der Waals surface area contributed by atoms with Crippen molar-refractivity contribution in [1.29, 1.82) is 0 Å². The van der Waals surface area contributed by atoms with E-state index in [9.17, 15) is 17.8 Å². The van der Waals surface area contributed by atoms with E-state index in [0.29, 0.717) is 22.0 Å². The minimum absolute atomic E-state index is 0.205. The Labute approximate surface area is 149 Å². The number of carbonyl (C=O) groups excluding carboxylic acids is 1. The van der Waals surface area contributed by atoms with Crippen LogP contribution in [0.15, 0.2) is 23.1 Å². The first-order chi connectivity index (χ1) is 11.2. The van der Waals surface area contributed by atoms with Gasteiger partial charge >= 0.3 is 0 Å². The number of thiocarbonyl (C=S) groups is 1. The number of carbonyl (C=O) groups is 1. The second-order valence-corrected chi connectivity index (χ2v) is 7.90. The van der Waals surface area contributed by atoms with Crippen molar-refractivity contribution in [1.82, 2.24) is 4.90 Å². The van der Waals surface area contributed by atoms with Crippen LogP contribution in [0.25, 0.3) is 6.08 Å². The molecule has 0 radical (unpaired) electrons. The van der Waals surface area contributed by atoms with Crippen molar-refractivity contribution in [2.24, 2.45) is 0 Å². The van der Waals surface area contributed by atoms with Crippen molar-refractivity contribution in [3.05, 3.63) is 28.7 Å². The molecule has 0 spiro atoms. The number of hydrogen-bond donors (Lipinski definition) is 0. The summed E-state index contributed by atoms with van der Waals surface area (Å²) in [6.45, 7) is -0.261. The van der Waals surface area contributed by atoms with E-state index in [1.807, 2.05) is 0 Å². The van der Waals surface area contributed by atoms with E-state index in [0.717, 1.165) is 16.7 Å². The van der Waals surface area contributed by atoms with E-state index in [-0.39, 0.29) is 10.9 Å². The molecule has 24 heavy (non-hydrogen) atoms. The predicted molar refractivity (Wildman–Crippen MR) is 94.0 cm³/mol. The van der Waals surface area contributed by atoms with Gasteiger partial charge in [-0.2, -0.15) is 0 Å². The summed E-state index contributed by atoms with van der Waals surface area (Å²) in [5.74, 6) is 0.00608. The van der Waals surface area contributed by atoms with Gasteiger partial charge in [-0.1, -0.05) is 24.0 Å². The lowest BCUT2D eigenvalue weighted by Crippen LogP contribution is -2.32. The molecule has 1 saturated heterocycles. The molecule has 1 aromatic rings. The fourth-order valence-corrected chi connectivity index (χ4v) is 3.69. The third-order valence-electron chi connectivity index (χ3n) is 3.16. The number of rotatable bonds is 6. The molecule has 0 N–H and O–H groups in total. The van der Waals surface area contributed by atoms with E-state index >= 15 is 0 Å². The summed E-state index contributed by atoms with van der Waals surface area (Å²) >= 11 is 6.12. The number of ether oxygens (including phenoxy) is 2. The Morgan fingerprint density at radius 2 is 2.04 bits per heavy atom. The average Bonchev–Trinajstić information content (AvgIpc) is 2.78. The number of hydrogen-bond acceptors (Lipinski definition) is 8. The molecule has 1 amide bonds. The molecule has 1 aliphatic heterocycles. The van der Waals surface area contributed by atoms with Crippen LogP contribution in [-0.4, -0.2) is 54.6 Å². The third-order valence-corrected chi connectivity index (χ3v) is 5.22. The van der Waals surface area contributed by atoms with Gasteiger partial charge in [-0.05, 0) is 24.3 Å². The van der Waals surface area contributed by atoms with Crippen LogP contribution in [0.3, 0.4) is 0 Å². The lowest BCUT2D eigenvalue weighted by atomic mass is 10.1. The number of methoxy groups -OCH3 is 2. The van der Waals surface area contributed by atoms with Gasteiger partial charge in [-0.3, -0.25) is 9.69 Å². The highest BCUT2D eigenvalue weighted by molar-refractivity contribution is 8.26. The minimum Gasteiger partial charge on any atom is -0.748 e. The number of benzene rings is 1. The molecule has 1 aliphatic rings. The summed E-state index contributed by atoms with van der Waals surface area (Å²) in [5, 5.41) is 0. The number of amides is 1. The summed E-state index contributed by atoms with van der Waals surface area (Å²) in [4.78, 5) is 13.8. The van der Waals surface area contributed by atoms with E-state index < -0.39 is 21.8 Å². The lowest BCUT2D eigenvalue weighted by Gasteiger charge is -2.15. The highest BCUT2D eigenvalue weighted by Gasteiger charge is 2.32. The van der Waals surface area contributed by atoms with Gasteiger partial charge in [-0.25, -0.2) is 8.42 Å². The van der Waals surface area contributed by atoms with Crippen molar-refractivity contribution < 1.29 is 27.2 Å². The Kier molecular flexibility index (Phi) is 5.86. The van der Waals surface area contributed by atoms with Crippen LogP contribution in [0.5, 0.6) is 11.5 Å². The Hall–Kier alpha value is -1.62. The fourth-order valence-electron chi connectivity index (χ4n) is 1.99. The molecule has 0 atom stereocenters. The maximum atomic E-state index is 12.4. The van der Waals surface area contributed by atoms with Gasteiger partial charge in [0.05, 0.1) is 35.0 Å². The monoisotopic (exact) mass is 388 g/mol. The highest BCUT2D eigenvalue weighted by atomic mass is 32.2. The molecule has 1 heterocycles. The zero-order valence-corrected chi connectivity index (χ0v) is 15.3. The van der Waals surface area contributed by atoms with E-state index in [4.69, 9.17) is 21.7 Å². The van der Waals surface area contributed by atoms with Crippen LogP contribution < -0.4 is 9.47 Å². The quantitative estimate of drug-likeness (QED) is 0.410. The first-order valence-electron chi connectivity index (χ1n) is 6.66.